The van der Waals surface area contributed by atoms with Gasteiger partial charge in [-0.15, -0.1) is 0 Å². The lowest BCUT2D eigenvalue weighted by molar-refractivity contribution is -0.143. The minimum Gasteiger partial charge on any atom is -0.484 e. The molecule has 39 heavy (non-hydrogen) atoms. The second-order valence-electron chi connectivity index (χ2n) is 11.8. The fourth-order valence-corrected chi connectivity index (χ4v) is 4.59. The van der Waals surface area contributed by atoms with Crippen LogP contribution in [0.5, 0.6) is 5.75 Å². The molecule has 0 aliphatic heterocycles. The lowest BCUT2D eigenvalue weighted by Gasteiger charge is -2.34. The molecule has 1 atom stereocenters. The third-order valence-corrected chi connectivity index (χ3v) is 6.79. The summed E-state index contributed by atoms with van der Waals surface area (Å²) in [5.41, 5.74) is 2.32. The van der Waals surface area contributed by atoms with Crippen LogP contribution in [0.3, 0.4) is 0 Å². The molecule has 0 radical (unpaired) electrons. The Morgan fingerprint density at radius 3 is 2.10 bits per heavy atom. The average Bonchev–Trinajstić information content (AvgIpc) is 2.85. The maximum absolute atomic E-state index is 13.8. The molecule has 0 spiro atoms. The van der Waals surface area contributed by atoms with E-state index in [1.165, 1.54) is 5.56 Å². The molecular weight excluding hydrogens is 531 g/mol. The smallest absolute Gasteiger partial charge is 0.261 e. The van der Waals surface area contributed by atoms with Gasteiger partial charge in [0, 0.05) is 28.5 Å². The molecule has 7 heteroatoms. The molecule has 0 aliphatic rings. The van der Waals surface area contributed by atoms with Crippen LogP contribution in [0.1, 0.15) is 58.2 Å². The number of halogens is 2. The molecular formula is C32H38Cl2N2O3. The second kappa shape index (κ2) is 12.9. The van der Waals surface area contributed by atoms with Crippen molar-refractivity contribution >= 4 is 35.0 Å². The fraction of sp³-hybridized carbons (Fsp3) is 0.375. The van der Waals surface area contributed by atoms with E-state index in [4.69, 9.17) is 27.9 Å². The molecule has 0 heterocycles. The first-order valence-electron chi connectivity index (χ1n) is 13.1. The molecule has 0 aliphatic carbocycles. The SMILES string of the molecule is CC(C)(C)NC(=O)[C@@H](Cc1ccccc1)N(Cc1ccc(Cl)cc1Cl)C(=O)COc1ccc(C(C)(C)C)cc1. The number of benzene rings is 3. The van der Waals surface area contributed by atoms with Crippen LogP contribution in [0, 0.1) is 0 Å². The number of rotatable bonds is 9. The largest absolute Gasteiger partial charge is 0.484 e. The maximum Gasteiger partial charge on any atom is 0.261 e. The van der Waals surface area contributed by atoms with Crippen molar-refractivity contribution in [2.75, 3.05) is 6.61 Å². The zero-order chi connectivity index (χ0) is 28.8. The summed E-state index contributed by atoms with van der Waals surface area (Å²) in [4.78, 5) is 29.0. The first-order chi connectivity index (χ1) is 18.2. The molecule has 0 fully saturated rings. The Kier molecular flexibility index (Phi) is 10.1. The van der Waals surface area contributed by atoms with Crippen molar-refractivity contribution in [1.29, 1.82) is 0 Å². The Bertz CT molecular complexity index is 1260. The van der Waals surface area contributed by atoms with Crippen molar-refractivity contribution in [2.24, 2.45) is 0 Å². The minimum atomic E-state index is -0.794. The summed E-state index contributed by atoms with van der Waals surface area (Å²) in [5, 5.41) is 3.97. The Morgan fingerprint density at radius 1 is 0.897 bits per heavy atom. The summed E-state index contributed by atoms with van der Waals surface area (Å²) in [5.74, 6) is 0.00445. The van der Waals surface area contributed by atoms with Crippen molar-refractivity contribution in [1.82, 2.24) is 10.2 Å². The van der Waals surface area contributed by atoms with Crippen LogP contribution in [0.25, 0.3) is 0 Å². The van der Waals surface area contributed by atoms with Crippen LogP contribution in [-0.2, 0) is 28.0 Å². The molecule has 3 aromatic rings. The topological polar surface area (TPSA) is 58.6 Å². The Labute approximate surface area is 242 Å². The van der Waals surface area contributed by atoms with Crippen molar-refractivity contribution in [3.8, 4) is 5.75 Å². The number of nitrogens with one attached hydrogen (secondary N) is 1. The predicted octanol–water partition coefficient (Wildman–Crippen LogP) is 7.22. The monoisotopic (exact) mass is 568 g/mol. The maximum atomic E-state index is 13.8. The number of hydrogen-bond acceptors (Lipinski definition) is 3. The molecule has 5 nitrogen and oxygen atoms in total. The highest BCUT2D eigenvalue weighted by Crippen LogP contribution is 2.26. The molecule has 0 bridgehead atoms. The van der Waals surface area contributed by atoms with Gasteiger partial charge in [-0.2, -0.15) is 0 Å². The molecule has 0 unspecified atom stereocenters. The van der Waals surface area contributed by atoms with Crippen LogP contribution in [0.2, 0.25) is 10.0 Å². The van der Waals surface area contributed by atoms with Crippen molar-refractivity contribution in [3.05, 3.63) is 99.5 Å². The van der Waals surface area contributed by atoms with Gasteiger partial charge in [-0.05, 0) is 67.1 Å². The van der Waals surface area contributed by atoms with Gasteiger partial charge in [-0.25, -0.2) is 0 Å². The number of carbonyl (C=O) groups is 2. The number of ether oxygens (including phenoxy) is 1. The second-order valence-corrected chi connectivity index (χ2v) is 12.6. The Balaban J connectivity index is 1.93. The van der Waals surface area contributed by atoms with Gasteiger partial charge in [-0.3, -0.25) is 9.59 Å². The number of hydrogen-bond donors (Lipinski definition) is 1. The first kappa shape index (κ1) is 30.5. The van der Waals surface area contributed by atoms with Crippen molar-refractivity contribution in [2.45, 2.75) is 71.5 Å². The summed E-state index contributed by atoms with van der Waals surface area (Å²) in [7, 11) is 0. The van der Waals surface area contributed by atoms with Gasteiger partial charge in [-0.1, -0.05) is 92.5 Å². The zero-order valence-corrected chi connectivity index (χ0v) is 25.1. The molecule has 2 amide bonds. The van der Waals surface area contributed by atoms with E-state index in [0.29, 0.717) is 27.8 Å². The molecule has 3 aromatic carbocycles. The van der Waals surface area contributed by atoms with Gasteiger partial charge < -0.3 is 15.0 Å². The number of amides is 2. The quantitative estimate of drug-likeness (QED) is 0.296. The van der Waals surface area contributed by atoms with E-state index < -0.39 is 11.6 Å². The molecule has 1 N–H and O–H groups in total. The van der Waals surface area contributed by atoms with Crippen molar-refractivity contribution in [3.63, 3.8) is 0 Å². The fourth-order valence-electron chi connectivity index (χ4n) is 4.12. The van der Waals surface area contributed by atoms with E-state index in [9.17, 15) is 9.59 Å². The summed E-state index contributed by atoms with van der Waals surface area (Å²) in [6.45, 7) is 12.1. The number of nitrogens with zero attached hydrogens (tertiary/aromatic N) is 1. The van der Waals surface area contributed by atoms with Gasteiger partial charge in [0.15, 0.2) is 6.61 Å². The van der Waals surface area contributed by atoms with Crippen LogP contribution in [0.4, 0.5) is 0 Å². The summed E-state index contributed by atoms with van der Waals surface area (Å²) in [6.07, 6.45) is 0.333. The Morgan fingerprint density at radius 2 is 1.54 bits per heavy atom. The van der Waals surface area contributed by atoms with Crippen molar-refractivity contribution < 1.29 is 14.3 Å². The third-order valence-electron chi connectivity index (χ3n) is 6.21. The van der Waals surface area contributed by atoms with Gasteiger partial charge in [0.2, 0.25) is 5.91 Å². The van der Waals surface area contributed by atoms with E-state index >= 15 is 0 Å². The van der Waals surface area contributed by atoms with E-state index in [-0.39, 0.29) is 30.4 Å². The summed E-state index contributed by atoms with van der Waals surface area (Å²) in [6, 6.07) is 21.7. The molecule has 0 aromatic heterocycles. The normalized spacial score (nSPS) is 12.5. The summed E-state index contributed by atoms with van der Waals surface area (Å²) < 4.78 is 5.91. The summed E-state index contributed by atoms with van der Waals surface area (Å²) >= 11 is 12.6. The van der Waals surface area contributed by atoms with E-state index in [1.54, 1.807) is 23.1 Å². The van der Waals surface area contributed by atoms with E-state index in [1.807, 2.05) is 75.4 Å². The van der Waals surface area contributed by atoms with Gasteiger partial charge in [0.05, 0.1) is 0 Å². The van der Waals surface area contributed by atoms with Gasteiger partial charge >= 0.3 is 0 Å². The molecule has 208 valence electrons. The highest BCUT2D eigenvalue weighted by molar-refractivity contribution is 6.35. The zero-order valence-electron chi connectivity index (χ0n) is 23.6. The highest BCUT2D eigenvalue weighted by Gasteiger charge is 2.33. The lowest BCUT2D eigenvalue weighted by Crippen LogP contribution is -2.55. The van der Waals surface area contributed by atoms with Crippen LogP contribution in [-0.4, -0.2) is 34.9 Å². The van der Waals surface area contributed by atoms with Crippen LogP contribution < -0.4 is 10.1 Å². The standard InChI is InChI=1S/C32H38Cl2N2O3/c1-31(2,3)24-13-16-26(17-14-24)39-21-29(37)36(20-23-12-15-25(33)19-27(23)34)28(30(38)35-32(4,5)6)18-22-10-8-7-9-11-22/h7-17,19,28H,18,20-21H2,1-6H3,(H,35,38)/t28-/m1/s1. The predicted molar refractivity (Wildman–Crippen MR) is 159 cm³/mol. The first-order valence-corrected chi connectivity index (χ1v) is 13.8. The van der Waals surface area contributed by atoms with Crippen LogP contribution in [0.15, 0.2) is 72.8 Å². The molecule has 0 saturated heterocycles. The highest BCUT2D eigenvalue weighted by atomic mass is 35.5. The lowest BCUT2D eigenvalue weighted by atomic mass is 9.87. The van der Waals surface area contributed by atoms with Gasteiger partial charge in [0.25, 0.3) is 5.91 Å². The minimum absolute atomic E-state index is 0.00801. The van der Waals surface area contributed by atoms with Crippen LogP contribution >= 0.6 is 23.2 Å². The van der Waals surface area contributed by atoms with E-state index in [0.717, 1.165) is 5.56 Å². The molecule has 3 rings (SSSR count). The third kappa shape index (κ3) is 9.29. The van der Waals surface area contributed by atoms with E-state index in [2.05, 4.69) is 26.1 Å². The molecule has 0 saturated carbocycles. The van der Waals surface area contributed by atoms with Gasteiger partial charge in [0.1, 0.15) is 11.8 Å². The Hall–Kier alpha value is -3.02. The number of carbonyl (C=O) groups excluding carboxylic acids is 2. The average molecular weight is 570 g/mol.